The van der Waals surface area contributed by atoms with Crippen LogP contribution in [0, 0.1) is 10.1 Å². The normalized spacial score (nSPS) is 11.5. The fourth-order valence-corrected chi connectivity index (χ4v) is 3.19. The smallest absolute Gasteiger partial charge is 0.318 e. The monoisotopic (exact) mass is 434 g/mol. The first-order chi connectivity index (χ1) is 15.4. The van der Waals surface area contributed by atoms with Crippen LogP contribution in [-0.4, -0.2) is 30.0 Å². The number of methoxy groups -OCH3 is 1. The zero-order valence-electron chi connectivity index (χ0n) is 17.6. The average Bonchev–Trinajstić information content (AvgIpc) is 2.80. The number of nitro benzene ring substituents is 1. The number of esters is 1. The molecule has 1 unspecified atom stereocenters. The number of anilines is 1. The van der Waals surface area contributed by atoms with Gasteiger partial charge in [0, 0.05) is 12.1 Å². The van der Waals surface area contributed by atoms with E-state index in [9.17, 15) is 19.7 Å². The zero-order chi connectivity index (χ0) is 23.1. The molecule has 0 heterocycles. The lowest BCUT2D eigenvalue weighted by Gasteiger charge is -2.20. The molecule has 8 nitrogen and oxygen atoms in total. The number of rotatable bonds is 8. The number of carbonyl (C=O) groups excluding carboxylic acids is 2. The standard InChI is InChI=1S/C24H22N2O6/c1-16(23(27)25-20-15-19(26(29)30)13-14-21(20)31-2)32-24(28)22(17-9-5-3-6-10-17)18-11-7-4-8-12-18/h3-16,22H,1-2H3,(H,25,27). The van der Waals surface area contributed by atoms with Gasteiger partial charge in [-0.3, -0.25) is 19.7 Å². The number of nitrogens with one attached hydrogen (secondary N) is 1. The van der Waals surface area contributed by atoms with E-state index in [-0.39, 0.29) is 17.1 Å². The van der Waals surface area contributed by atoms with Gasteiger partial charge in [0.1, 0.15) is 11.7 Å². The predicted molar refractivity (Wildman–Crippen MR) is 119 cm³/mol. The van der Waals surface area contributed by atoms with Crippen LogP contribution >= 0.6 is 0 Å². The Kier molecular flexibility index (Phi) is 7.17. The minimum atomic E-state index is -1.15. The van der Waals surface area contributed by atoms with Crippen molar-refractivity contribution in [3.63, 3.8) is 0 Å². The van der Waals surface area contributed by atoms with E-state index in [4.69, 9.17) is 9.47 Å². The molecule has 0 fully saturated rings. The van der Waals surface area contributed by atoms with Crippen molar-refractivity contribution in [2.75, 3.05) is 12.4 Å². The Morgan fingerprint density at radius 2 is 1.50 bits per heavy atom. The molecule has 8 heteroatoms. The largest absolute Gasteiger partial charge is 0.495 e. The van der Waals surface area contributed by atoms with Crippen LogP contribution in [0.3, 0.4) is 0 Å². The molecule has 0 bridgehead atoms. The molecule has 1 amide bonds. The summed E-state index contributed by atoms with van der Waals surface area (Å²) in [7, 11) is 1.38. The van der Waals surface area contributed by atoms with Crippen molar-refractivity contribution in [3.05, 3.63) is 100 Å². The summed E-state index contributed by atoms with van der Waals surface area (Å²) >= 11 is 0. The summed E-state index contributed by atoms with van der Waals surface area (Å²) in [5.41, 5.74) is 1.37. The minimum Gasteiger partial charge on any atom is -0.495 e. The number of non-ortho nitro benzene ring substituents is 1. The average molecular weight is 434 g/mol. The summed E-state index contributed by atoms with van der Waals surface area (Å²) in [5.74, 6) is -1.69. The third-order valence-electron chi connectivity index (χ3n) is 4.82. The molecule has 0 aromatic heterocycles. The van der Waals surface area contributed by atoms with Crippen LogP contribution in [0.1, 0.15) is 24.0 Å². The topological polar surface area (TPSA) is 108 Å². The van der Waals surface area contributed by atoms with Gasteiger partial charge in [0.05, 0.1) is 17.7 Å². The summed E-state index contributed by atoms with van der Waals surface area (Å²) in [5, 5.41) is 13.6. The van der Waals surface area contributed by atoms with Gasteiger partial charge in [-0.25, -0.2) is 0 Å². The molecule has 0 saturated carbocycles. The molecular weight excluding hydrogens is 412 g/mol. The molecule has 164 valence electrons. The lowest BCUT2D eigenvalue weighted by atomic mass is 9.91. The SMILES string of the molecule is COc1ccc([N+](=O)[O-])cc1NC(=O)C(C)OC(=O)C(c1ccccc1)c1ccccc1. The number of hydrogen-bond donors (Lipinski definition) is 1. The summed E-state index contributed by atoms with van der Waals surface area (Å²) < 4.78 is 10.6. The Hall–Kier alpha value is -4.20. The van der Waals surface area contributed by atoms with Crippen molar-refractivity contribution < 1.29 is 24.0 Å². The van der Waals surface area contributed by atoms with Gasteiger partial charge in [-0.15, -0.1) is 0 Å². The number of benzene rings is 3. The second-order valence-electron chi connectivity index (χ2n) is 6.96. The van der Waals surface area contributed by atoms with Gasteiger partial charge in [0.2, 0.25) is 0 Å². The summed E-state index contributed by atoms with van der Waals surface area (Å²) in [6, 6.07) is 22.1. The van der Waals surface area contributed by atoms with Crippen LogP contribution in [-0.2, 0) is 14.3 Å². The van der Waals surface area contributed by atoms with Crippen LogP contribution in [0.4, 0.5) is 11.4 Å². The fourth-order valence-electron chi connectivity index (χ4n) is 3.19. The molecule has 3 rings (SSSR count). The molecule has 32 heavy (non-hydrogen) atoms. The van der Waals surface area contributed by atoms with Crippen molar-refractivity contribution in [3.8, 4) is 5.75 Å². The predicted octanol–water partition coefficient (Wildman–Crippen LogP) is 4.31. The molecule has 0 saturated heterocycles. The Labute approximate surface area is 184 Å². The van der Waals surface area contributed by atoms with Crippen LogP contribution in [0.25, 0.3) is 0 Å². The molecular formula is C24H22N2O6. The van der Waals surface area contributed by atoms with Crippen LogP contribution in [0.5, 0.6) is 5.75 Å². The maximum Gasteiger partial charge on any atom is 0.318 e. The lowest BCUT2D eigenvalue weighted by molar-refractivity contribution is -0.384. The Morgan fingerprint density at radius 1 is 0.938 bits per heavy atom. The van der Waals surface area contributed by atoms with Gasteiger partial charge in [0.25, 0.3) is 11.6 Å². The van der Waals surface area contributed by atoms with Crippen molar-refractivity contribution in [1.29, 1.82) is 0 Å². The van der Waals surface area contributed by atoms with Crippen molar-refractivity contribution in [2.45, 2.75) is 18.9 Å². The van der Waals surface area contributed by atoms with Crippen molar-refractivity contribution in [2.24, 2.45) is 0 Å². The van der Waals surface area contributed by atoms with Crippen molar-refractivity contribution >= 4 is 23.3 Å². The number of carbonyl (C=O) groups is 2. The summed E-state index contributed by atoms with van der Waals surface area (Å²) in [4.78, 5) is 36.2. The number of nitrogens with zero attached hydrogens (tertiary/aromatic N) is 1. The number of ether oxygens (including phenoxy) is 2. The molecule has 0 aliphatic rings. The van der Waals surface area contributed by atoms with E-state index in [2.05, 4.69) is 5.32 Å². The van der Waals surface area contributed by atoms with Crippen molar-refractivity contribution in [1.82, 2.24) is 0 Å². The molecule has 3 aromatic carbocycles. The highest BCUT2D eigenvalue weighted by Gasteiger charge is 2.28. The highest BCUT2D eigenvalue weighted by molar-refractivity contribution is 5.97. The molecule has 1 atom stereocenters. The molecule has 0 aliphatic carbocycles. The van der Waals surface area contributed by atoms with Gasteiger partial charge in [-0.1, -0.05) is 60.7 Å². The molecule has 0 aliphatic heterocycles. The molecule has 0 radical (unpaired) electrons. The maximum absolute atomic E-state index is 13.1. The minimum absolute atomic E-state index is 0.109. The summed E-state index contributed by atoms with van der Waals surface area (Å²) in [6.45, 7) is 1.43. The van der Waals surface area contributed by atoms with Gasteiger partial charge >= 0.3 is 5.97 Å². The zero-order valence-corrected chi connectivity index (χ0v) is 17.6. The van der Waals surface area contributed by atoms with Crippen LogP contribution in [0.15, 0.2) is 78.9 Å². The number of nitro groups is 1. The first-order valence-corrected chi connectivity index (χ1v) is 9.84. The fraction of sp³-hybridized carbons (Fsp3) is 0.167. The highest BCUT2D eigenvalue weighted by atomic mass is 16.6. The maximum atomic E-state index is 13.1. The quantitative estimate of drug-likeness (QED) is 0.322. The van der Waals surface area contributed by atoms with E-state index in [1.54, 1.807) is 0 Å². The second-order valence-corrected chi connectivity index (χ2v) is 6.96. The van der Waals surface area contributed by atoms with E-state index >= 15 is 0 Å². The van der Waals surface area contributed by atoms with E-state index < -0.39 is 28.8 Å². The molecule has 1 N–H and O–H groups in total. The number of hydrogen-bond acceptors (Lipinski definition) is 6. The van der Waals surface area contributed by atoms with Crippen LogP contribution in [0.2, 0.25) is 0 Å². The Balaban J connectivity index is 1.78. The third kappa shape index (κ3) is 5.28. The van der Waals surface area contributed by atoms with E-state index in [0.717, 1.165) is 11.1 Å². The Bertz CT molecular complexity index is 1060. The summed E-state index contributed by atoms with van der Waals surface area (Å²) in [6.07, 6.45) is -1.15. The third-order valence-corrected chi connectivity index (χ3v) is 4.82. The van der Waals surface area contributed by atoms with Gasteiger partial charge in [0.15, 0.2) is 6.10 Å². The van der Waals surface area contributed by atoms with Gasteiger partial charge < -0.3 is 14.8 Å². The molecule has 0 spiro atoms. The first kappa shape index (κ1) is 22.5. The van der Waals surface area contributed by atoms with E-state index in [1.165, 1.54) is 32.2 Å². The van der Waals surface area contributed by atoms with Gasteiger partial charge in [-0.2, -0.15) is 0 Å². The van der Waals surface area contributed by atoms with E-state index in [1.807, 2.05) is 60.7 Å². The lowest BCUT2D eigenvalue weighted by Crippen LogP contribution is -2.32. The first-order valence-electron chi connectivity index (χ1n) is 9.84. The Morgan fingerprint density at radius 3 is 2.00 bits per heavy atom. The van der Waals surface area contributed by atoms with Gasteiger partial charge in [-0.05, 0) is 24.1 Å². The molecule has 3 aromatic rings. The van der Waals surface area contributed by atoms with Crippen LogP contribution < -0.4 is 10.1 Å². The van der Waals surface area contributed by atoms with E-state index in [0.29, 0.717) is 0 Å². The number of amides is 1. The highest BCUT2D eigenvalue weighted by Crippen LogP contribution is 2.30. The second kappa shape index (κ2) is 10.2.